The number of aliphatic hydroxyl groups is 1. The molecular formula is C8H14N2O2. The molecule has 0 saturated carbocycles. The number of hydrogen-bond acceptors (Lipinski definition) is 4. The molecule has 0 aliphatic carbocycles. The largest absolute Gasteiger partial charge is 0.465 e. The summed E-state index contributed by atoms with van der Waals surface area (Å²) < 4.78 is 5.25. The predicted molar refractivity (Wildman–Crippen MR) is 45.4 cm³/mol. The van der Waals surface area contributed by atoms with Gasteiger partial charge < -0.3 is 21.0 Å². The summed E-state index contributed by atoms with van der Waals surface area (Å²) in [6.45, 7) is 1.70. The molecule has 1 heterocycles. The molecule has 68 valence electrons. The molecule has 0 fully saturated rings. The van der Waals surface area contributed by atoms with Crippen LogP contribution < -0.4 is 11.5 Å². The van der Waals surface area contributed by atoms with Crippen molar-refractivity contribution < 1.29 is 9.52 Å². The Kier molecular flexibility index (Phi) is 2.86. The molecule has 12 heavy (non-hydrogen) atoms. The van der Waals surface area contributed by atoms with Crippen LogP contribution in [0.3, 0.4) is 0 Å². The van der Waals surface area contributed by atoms with Crippen LogP contribution in [0, 0.1) is 6.92 Å². The molecule has 0 amide bonds. The lowest BCUT2D eigenvalue weighted by molar-refractivity contribution is 0.240. The number of aryl methyl sites for hydroxylation is 1. The topological polar surface area (TPSA) is 85.4 Å². The highest BCUT2D eigenvalue weighted by Gasteiger charge is 2.17. The highest BCUT2D eigenvalue weighted by molar-refractivity contribution is 5.10. The zero-order valence-electron chi connectivity index (χ0n) is 7.03. The zero-order chi connectivity index (χ0) is 9.14. The summed E-state index contributed by atoms with van der Waals surface area (Å²) >= 11 is 0. The molecule has 1 rings (SSSR count). The maximum absolute atomic E-state index is 8.73. The van der Waals surface area contributed by atoms with E-state index in [-0.39, 0.29) is 6.61 Å². The summed E-state index contributed by atoms with van der Waals surface area (Å²) in [7, 11) is 0. The predicted octanol–water partition coefficient (Wildman–Crippen LogP) is -0.0926. The smallest absolute Gasteiger partial charge is 0.122 e. The van der Waals surface area contributed by atoms with E-state index in [0.717, 1.165) is 5.76 Å². The Hall–Kier alpha value is -0.840. The lowest BCUT2D eigenvalue weighted by Crippen LogP contribution is -2.36. The minimum absolute atomic E-state index is 0.138. The van der Waals surface area contributed by atoms with Gasteiger partial charge in [-0.25, -0.2) is 0 Å². The number of rotatable bonds is 3. The third kappa shape index (κ3) is 1.85. The Morgan fingerprint density at radius 2 is 2.17 bits per heavy atom. The lowest BCUT2D eigenvalue weighted by Gasteiger charge is -2.14. The van der Waals surface area contributed by atoms with E-state index in [1.54, 1.807) is 6.07 Å². The van der Waals surface area contributed by atoms with Gasteiger partial charge in [0.05, 0.1) is 18.7 Å². The number of aliphatic hydroxyl groups excluding tert-OH is 1. The van der Waals surface area contributed by atoms with Gasteiger partial charge in [-0.3, -0.25) is 0 Å². The molecule has 0 radical (unpaired) electrons. The molecule has 1 aromatic heterocycles. The molecular weight excluding hydrogens is 156 g/mol. The second-order valence-corrected chi connectivity index (χ2v) is 2.82. The van der Waals surface area contributed by atoms with Crippen molar-refractivity contribution in [3.63, 3.8) is 0 Å². The van der Waals surface area contributed by atoms with Crippen LogP contribution in [0.15, 0.2) is 16.5 Å². The highest BCUT2D eigenvalue weighted by Crippen LogP contribution is 2.15. The van der Waals surface area contributed by atoms with E-state index in [4.69, 9.17) is 21.0 Å². The van der Waals surface area contributed by atoms with Gasteiger partial charge in [-0.1, -0.05) is 0 Å². The molecule has 5 N–H and O–H groups in total. The first-order valence-corrected chi connectivity index (χ1v) is 3.83. The van der Waals surface area contributed by atoms with Crippen LogP contribution in [0.4, 0.5) is 0 Å². The molecule has 0 aliphatic heterocycles. The third-order valence-corrected chi connectivity index (χ3v) is 1.76. The Bertz CT molecular complexity index is 247. The number of nitrogens with two attached hydrogens (primary N) is 2. The van der Waals surface area contributed by atoms with Crippen molar-refractivity contribution in [2.75, 3.05) is 6.61 Å². The summed E-state index contributed by atoms with van der Waals surface area (Å²) in [5, 5.41) is 8.73. The summed E-state index contributed by atoms with van der Waals surface area (Å²) in [6, 6.07) is 2.70. The highest BCUT2D eigenvalue weighted by atomic mass is 16.3. The second-order valence-electron chi connectivity index (χ2n) is 2.82. The first kappa shape index (κ1) is 9.25. The second kappa shape index (κ2) is 3.71. The van der Waals surface area contributed by atoms with E-state index in [0.29, 0.717) is 5.76 Å². The van der Waals surface area contributed by atoms with Crippen LogP contribution in [0.1, 0.15) is 17.6 Å². The fourth-order valence-corrected chi connectivity index (χ4v) is 0.957. The summed E-state index contributed by atoms with van der Waals surface area (Å²) in [5.41, 5.74) is 11.2. The first-order valence-electron chi connectivity index (χ1n) is 3.83. The van der Waals surface area contributed by atoms with Gasteiger partial charge in [0, 0.05) is 0 Å². The average Bonchev–Trinajstić information content (AvgIpc) is 2.49. The fourth-order valence-electron chi connectivity index (χ4n) is 0.957. The Labute approximate surface area is 71.2 Å². The summed E-state index contributed by atoms with van der Waals surface area (Å²) in [4.78, 5) is 0. The molecule has 0 saturated heterocycles. The van der Waals surface area contributed by atoms with Crippen molar-refractivity contribution >= 4 is 0 Å². The third-order valence-electron chi connectivity index (χ3n) is 1.76. The van der Waals surface area contributed by atoms with Crippen molar-refractivity contribution in [1.82, 2.24) is 0 Å². The minimum Gasteiger partial charge on any atom is -0.465 e. The maximum Gasteiger partial charge on any atom is 0.122 e. The van der Waals surface area contributed by atoms with Crippen LogP contribution in [0.2, 0.25) is 0 Å². The van der Waals surface area contributed by atoms with E-state index >= 15 is 0 Å². The standard InChI is InChI=1S/C8H14N2O2/c1-5-2-3-7(12-5)8(10)6(9)4-11/h2-3,6,8,11H,4,9-10H2,1H3. The van der Waals surface area contributed by atoms with E-state index in [1.165, 1.54) is 0 Å². The van der Waals surface area contributed by atoms with Gasteiger partial charge in [0.2, 0.25) is 0 Å². The van der Waals surface area contributed by atoms with Gasteiger partial charge in [-0.15, -0.1) is 0 Å². The summed E-state index contributed by atoms with van der Waals surface area (Å²) in [5.74, 6) is 1.42. The molecule has 4 nitrogen and oxygen atoms in total. The van der Waals surface area contributed by atoms with Crippen LogP contribution in [0.5, 0.6) is 0 Å². The fraction of sp³-hybridized carbons (Fsp3) is 0.500. The molecule has 0 bridgehead atoms. The van der Waals surface area contributed by atoms with E-state index < -0.39 is 12.1 Å². The van der Waals surface area contributed by atoms with Crippen LogP contribution >= 0.6 is 0 Å². The summed E-state index contributed by atoms with van der Waals surface area (Å²) in [6.07, 6.45) is 0. The van der Waals surface area contributed by atoms with Crippen molar-refractivity contribution in [3.05, 3.63) is 23.7 Å². The minimum atomic E-state index is -0.462. The van der Waals surface area contributed by atoms with Crippen LogP contribution in [-0.2, 0) is 0 Å². The number of hydrogen-bond donors (Lipinski definition) is 3. The van der Waals surface area contributed by atoms with E-state index in [2.05, 4.69) is 0 Å². The quantitative estimate of drug-likeness (QED) is 0.591. The Morgan fingerprint density at radius 3 is 2.58 bits per heavy atom. The monoisotopic (exact) mass is 170 g/mol. The van der Waals surface area contributed by atoms with E-state index in [9.17, 15) is 0 Å². The van der Waals surface area contributed by atoms with Crippen molar-refractivity contribution in [2.24, 2.45) is 11.5 Å². The molecule has 4 heteroatoms. The first-order chi connectivity index (χ1) is 5.65. The van der Waals surface area contributed by atoms with Crippen LogP contribution in [-0.4, -0.2) is 17.8 Å². The van der Waals surface area contributed by atoms with E-state index in [1.807, 2.05) is 13.0 Å². The van der Waals surface area contributed by atoms with Gasteiger partial charge in [0.15, 0.2) is 0 Å². The SMILES string of the molecule is Cc1ccc(C(N)C(N)CO)o1. The molecule has 0 aliphatic rings. The van der Waals surface area contributed by atoms with Gasteiger partial charge >= 0.3 is 0 Å². The van der Waals surface area contributed by atoms with Crippen molar-refractivity contribution in [3.8, 4) is 0 Å². The van der Waals surface area contributed by atoms with Crippen LogP contribution in [0.25, 0.3) is 0 Å². The van der Waals surface area contributed by atoms with Gasteiger partial charge in [0.25, 0.3) is 0 Å². The molecule has 2 atom stereocenters. The Morgan fingerprint density at radius 1 is 1.50 bits per heavy atom. The van der Waals surface area contributed by atoms with Crippen molar-refractivity contribution in [1.29, 1.82) is 0 Å². The average molecular weight is 170 g/mol. The maximum atomic E-state index is 8.73. The number of furan rings is 1. The Balaban J connectivity index is 2.70. The van der Waals surface area contributed by atoms with Gasteiger partial charge in [-0.2, -0.15) is 0 Å². The zero-order valence-corrected chi connectivity index (χ0v) is 7.03. The lowest BCUT2D eigenvalue weighted by atomic mass is 10.1. The molecule has 0 aromatic carbocycles. The normalized spacial score (nSPS) is 16.0. The van der Waals surface area contributed by atoms with Crippen molar-refractivity contribution in [2.45, 2.75) is 19.0 Å². The van der Waals surface area contributed by atoms with Gasteiger partial charge in [-0.05, 0) is 19.1 Å². The van der Waals surface area contributed by atoms with Gasteiger partial charge in [0.1, 0.15) is 11.5 Å². The molecule has 2 unspecified atom stereocenters. The molecule has 0 spiro atoms. The molecule has 1 aromatic rings.